The van der Waals surface area contributed by atoms with Crippen molar-refractivity contribution >= 4 is 28.4 Å². The molecular weight excluding hydrogens is 302 g/mol. The number of carbonyl (C=O) groups is 2. The summed E-state index contributed by atoms with van der Waals surface area (Å²) < 4.78 is 0. The maximum absolute atomic E-state index is 12.2. The average Bonchev–Trinajstić information content (AvgIpc) is 2.62. The van der Waals surface area contributed by atoms with Gasteiger partial charge in [0, 0.05) is 11.6 Å². The van der Waals surface area contributed by atoms with Crippen LogP contribution < -0.4 is 10.6 Å². The Hall–Kier alpha value is -3.21. The van der Waals surface area contributed by atoms with Gasteiger partial charge in [-0.05, 0) is 36.8 Å². The molecule has 2 N–H and O–H groups in total. The fraction of sp³-hybridized carbons (Fsp3) is 0.105. The molecule has 1 aromatic heterocycles. The smallest absolute Gasteiger partial charge is 0.313 e. The van der Waals surface area contributed by atoms with Crippen LogP contribution in [0.25, 0.3) is 10.9 Å². The molecule has 0 radical (unpaired) electrons. The topological polar surface area (TPSA) is 71.1 Å². The summed E-state index contributed by atoms with van der Waals surface area (Å²) in [6, 6.07) is 18.3. The zero-order valence-electron chi connectivity index (χ0n) is 13.2. The number of amides is 2. The van der Waals surface area contributed by atoms with E-state index < -0.39 is 11.8 Å². The maximum atomic E-state index is 12.2. The minimum absolute atomic E-state index is 0.251. The van der Waals surface area contributed by atoms with Crippen molar-refractivity contribution in [2.24, 2.45) is 0 Å². The molecule has 0 saturated carbocycles. The molecule has 0 spiro atoms. The number of fused-ring (bicyclic) bond motifs is 1. The zero-order valence-corrected chi connectivity index (χ0v) is 13.2. The Kier molecular flexibility index (Phi) is 4.52. The van der Waals surface area contributed by atoms with Crippen LogP contribution in [0.15, 0.2) is 66.9 Å². The molecule has 0 aliphatic rings. The van der Waals surface area contributed by atoms with Gasteiger partial charge in [0.2, 0.25) is 0 Å². The highest BCUT2D eigenvalue weighted by Crippen LogP contribution is 2.21. The van der Waals surface area contributed by atoms with Gasteiger partial charge in [0.15, 0.2) is 0 Å². The molecule has 0 aliphatic heterocycles. The van der Waals surface area contributed by atoms with Gasteiger partial charge in [-0.1, -0.05) is 36.4 Å². The van der Waals surface area contributed by atoms with Gasteiger partial charge in [-0.15, -0.1) is 0 Å². The number of hydrogen-bond donors (Lipinski definition) is 2. The lowest BCUT2D eigenvalue weighted by atomic mass is 10.1. The third kappa shape index (κ3) is 3.41. The molecule has 3 aromatic rings. The van der Waals surface area contributed by atoms with Crippen LogP contribution >= 0.6 is 0 Å². The van der Waals surface area contributed by atoms with Crippen molar-refractivity contribution in [3.63, 3.8) is 0 Å². The molecule has 0 aliphatic carbocycles. The Morgan fingerprint density at radius 2 is 1.71 bits per heavy atom. The van der Waals surface area contributed by atoms with E-state index in [0.29, 0.717) is 5.69 Å². The first kappa shape index (κ1) is 15.7. The number of aromatic nitrogens is 1. The minimum atomic E-state index is -0.700. The van der Waals surface area contributed by atoms with E-state index in [4.69, 9.17) is 0 Å². The summed E-state index contributed by atoms with van der Waals surface area (Å²) in [6.45, 7) is 1.84. The lowest BCUT2D eigenvalue weighted by Crippen LogP contribution is -2.36. The van der Waals surface area contributed by atoms with E-state index in [1.807, 2.05) is 49.4 Å². The van der Waals surface area contributed by atoms with Crippen LogP contribution in [0.1, 0.15) is 18.5 Å². The summed E-state index contributed by atoms with van der Waals surface area (Å²) >= 11 is 0. The van der Waals surface area contributed by atoms with Crippen molar-refractivity contribution in [2.75, 3.05) is 5.32 Å². The fourth-order valence-electron chi connectivity index (χ4n) is 2.48. The second-order valence-corrected chi connectivity index (χ2v) is 5.44. The fourth-order valence-corrected chi connectivity index (χ4v) is 2.48. The Labute approximate surface area is 139 Å². The monoisotopic (exact) mass is 319 g/mol. The van der Waals surface area contributed by atoms with E-state index in [0.717, 1.165) is 16.5 Å². The highest BCUT2D eigenvalue weighted by Gasteiger charge is 2.17. The van der Waals surface area contributed by atoms with Gasteiger partial charge in [-0.25, -0.2) is 0 Å². The van der Waals surface area contributed by atoms with Gasteiger partial charge in [0.05, 0.1) is 17.2 Å². The molecule has 1 heterocycles. The highest BCUT2D eigenvalue weighted by atomic mass is 16.2. The largest absolute Gasteiger partial charge is 0.341 e. The second-order valence-electron chi connectivity index (χ2n) is 5.44. The van der Waals surface area contributed by atoms with Crippen LogP contribution in [0.3, 0.4) is 0 Å². The Balaban J connectivity index is 1.71. The van der Waals surface area contributed by atoms with E-state index >= 15 is 0 Å². The van der Waals surface area contributed by atoms with E-state index in [1.54, 1.807) is 24.4 Å². The molecule has 0 saturated heterocycles. The third-order valence-corrected chi connectivity index (χ3v) is 3.75. The average molecular weight is 319 g/mol. The van der Waals surface area contributed by atoms with Crippen LogP contribution in [0.5, 0.6) is 0 Å². The normalized spacial score (nSPS) is 11.7. The molecule has 0 fully saturated rings. The molecule has 5 heteroatoms. The number of rotatable bonds is 3. The van der Waals surface area contributed by atoms with Crippen LogP contribution in [-0.2, 0) is 9.59 Å². The first-order valence-electron chi connectivity index (χ1n) is 7.65. The molecule has 5 nitrogen and oxygen atoms in total. The first-order chi connectivity index (χ1) is 11.6. The molecule has 3 rings (SSSR count). The Morgan fingerprint density at radius 3 is 2.50 bits per heavy atom. The van der Waals surface area contributed by atoms with Crippen molar-refractivity contribution in [3.8, 4) is 0 Å². The number of hydrogen-bond acceptors (Lipinski definition) is 3. The van der Waals surface area contributed by atoms with Crippen LogP contribution in [0.4, 0.5) is 5.69 Å². The van der Waals surface area contributed by atoms with E-state index in [1.165, 1.54) is 0 Å². The van der Waals surface area contributed by atoms with Crippen LogP contribution in [0.2, 0.25) is 0 Å². The first-order valence-corrected chi connectivity index (χ1v) is 7.65. The quantitative estimate of drug-likeness (QED) is 0.729. The van der Waals surface area contributed by atoms with Crippen LogP contribution in [0, 0.1) is 0 Å². The molecule has 2 amide bonds. The summed E-state index contributed by atoms with van der Waals surface area (Å²) in [5.41, 5.74) is 2.26. The standard InChI is InChI=1S/C19H17N3O2/c1-13(14-7-3-2-4-8-14)21-18(23)19(24)22-17-11-5-10-16-15(17)9-6-12-20-16/h2-13H,1H3,(H,21,23)(H,22,24)/t13-/m0/s1. The zero-order chi connectivity index (χ0) is 16.9. The molecule has 24 heavy (non-hydrogen) atoms. The van der Waals surface area contributed by atoms with Gasteiger partial charge >= 0.3 is 11.8 Å². The summed E-state index contributed by atoms with van der Waals surface area (Å²) in [6.07, 6.45) is 1.68. The molecule has 2 aromatic carbocycles. The second kappa shape index (κ2) is 6.91. The van der Waals surface area contributed by atoms with Crippen molar-refractivity contribution in [1.82, 2.24) is 10.3 Å². The summed E-state index contributed by atoms with van der Waals surface area (Å²) in [5.74, 6) is -1.37. The predicted octanol–water partition coefficient (Wildman–Crippen LogP) is 3.05. The Morgan fingerprint density at radius 1 is 0.917 bits per heavy atom. The number of carbonyl (C=O) groups excluding carboxylic acids is 2. The van der Waals surface area contributed by atoms with Gasteiger partial charge in [-0.3, -0.25) is 14.6 Å². The van der Waals surface area contributed by atoms with E-state index in [-0.39, 0.29) is 6.04 Å². The van der Waals surface area contributed by atoms with Gasteiger partial charge in [-0.2, -0.15) is 0 Å². The summed E-state index contributed by atoms with van der Waals surface area (Å²) in [4.78, 5) is 28.5. The van der Waals surface area contributed by atoms with Gasteiger partial charge in [0.25, 0.3) is 0 Å². The minimum Gasteiger partial charge on any atom is -0.341 e. The van der Waals surface area contributed by atoms with Crippen LogP contribution in [-0.4, -0.2) is 16.8 Å². The third-order valence-electron chi connectivity index (χ3n) is 3.75. The highest BCUT2D eigenvalue weighted by molar-refractivity contribution is 6.40. The predicted molar refractivity (Wildman–Crippen MR) is 93.4 cm³/mol. The molecule has 1 atom stereocenters. The number of nitrogens with zero attached hydrogens (tertiary/aromatic N) is 1. The van der Waals surface area contributed by atoms with Crippen molar-refractivity contribution in [2.45, 2.75) is 13.0 Å². The van der Waals surface area contributed by atoms with Crippen molar-refractivity contribution in [3.05, 3.63) is 72.4 Å². The van der Waals surface area contributed by atoms with Gasteiger partial charge in [0.1, 0.15) is 0 Å². The molecule has 0 bridgehead atoms. The SMILES string of the molecule is C[C@H](NC(=O)C(=O)Nc1cccc2ncccc12)c1ccccc1. The summed E-state index contributed by atoms with van der Waals surface area (Å²) in [5, 5.41) is 6.14. The number of benzene rings is 2. The number of nitrogens with one attached hydrogen (secondary N) is 2. The molecular formula is C19H17N3O2. The van der Waals surface area contributed by atoms with E-state index in [2.05, 4.69) is 15.6 Å². The lowest BCUT2D eigenvalue weighted by molar-refractivity contribution is -0.136. The number of anilines is 1. The maximum Gasteiger partial charge on any atom is 0.313 e. The molecule has 0 unspecified atom stereocenters. The van der Waals surface area contributed by atoms with Gasteiger partial charge < -0.3 is 10.6 Å². The number of pyridine rings is 1. The Bertz CT molecular complexity index is 873. The summed E-state index contributed by atoms with van der Waals surface area (Å²) in [7, 11) is 0. The molecule has 120 valence electrons. The van der Waals surface area contributed by atoms with Crippen molar-refractivity contribution in [1.29, 1.82) is 0 Å². The van der Waals surface area contributed by atoms with Crippen molar-refractivity contribution < 1.29 is 9.59 Å². The van der Waals surface area contributed by atoms with E-state index in [9.17, 15) is 9.59 Å². The lowest BCUT2D eigenvalue weighted by Gasteiger charge is -2.14.